The number of hydrogen-bond acceptors (Lipinski definition) is 3. The molecule has 0 amide bonds. The van der Waals surface area contributed by atoms with E-state index in [-0.39, 0.29) is 5.69 Å². The van der Waals surface area contributed by atoms with Crippen molar-refractivity contribution < 1.29 is 4.92 Å². The van der Waals surface area contributed by atoms with Crippen LogP contribution < -0.4 is 0 Å². The van der Waals surface area contributed by atoms with Gasteiger partial charge in [-0.1, -0.05) is 31.0 Å². The molecule has 0 heterocycles. The van der Waals surface area contributed by atoms with Crippen LogP contribution >= 0.6 is 11.6 Å². The molecule has 0 spiro atoms. The number of nitro benzene ring substituents is 1. The molecule has 0 atom stereocenters. The maximum Gasteiger partial charge on any atom is 0.270 e. The van der Waals surface area contributed by atoms with Gasteiger partial charge in [0.2, 0.25) is 0 Å². The Balaban J connectivity index is 3.33. The van der Waals surface area contributed by atoms with Crippen molar-refractivity contribution in [3.05, 3.63) is 45.0 Å². The standard InChI is InChI=1S/C13H13ClN2O2/c1-3-4-10(8-15)13(14)11-5-9(2)6-12(7-11)16(17)18/h5-7H,3-4H2,1-2H3/b13-10-. The zero-order chi connectivity index (χ0) is 13.7. The third kappa shape index (κ3) is 3.31. The molecular formula is C13H13ClN2O2. The van der Waals surface area contributed by atoms with Gasteiger partial charge < -0.3 is 0 Å². The molecule has 1 aromatic rings. The highest BCUT2D eigenvalue weighted by molar-refractivity contribution is 6.49. The normalized spacial score (nSPS) is 11.7. The SMILES string of the molecule is CCC/C(C#N)=C(/Cl)c1cc(C)cc([N+](=O)[O-])c1. The summed E-state index contributed by atoms with van der Waals surface area (Å²) in [7, 11) is 0. The van der Waals surface area contributed by atoms with Crippen molar-refractivity contribution in [1.82, 2.24) is 0 Å². The van der Waals surface area contributed by atoms with Gasteiger partial charge in [0.05, 0.1) is 16.0 Å². The number of non-ortho nitro benzene ring substituents is 1. The van der Waals surface area contributed by atoms with E-state index in [9.17, 15) is 10.1 Å². The van der Waals surface area contributed by atoms with Crippen LogP contribution in [0.15, 0.2) is 23.8 Å². The maximum absolute atomic E-state index is 10.8. The molecule has 0 aromatic heterocycles. The molecule has 1 aromatic carbocycles. The Morgan fingerprint density at radius 3 is 2.67 bits per heavy atom. The van der Waals surface area contributed by atoms with Gasteiger partial charge in [0.1, 0.15) is 0 Å². The lowest BCUT2D eigenvalue weighted by Gasteiger charge is -2.04. The smallest absolute Gasteiger partial charge is 0.258 e. The first-order valence-electron chi connectivity index (χ1n) is 5.54. The Bertz CT molecular complexity index is 544. The highest BCUT2D eigenvalue weighted by Crippen LogP contribution is 2.29. The van der Waals surface area contributed by atoms with Crippen molar-refractivity contribution >= 4 is 22.3 Å². The molecule has 0 saturated carbocycles. The summed E-state index contributed by atoms with van der Waals surface area (Å²) in [6, 6.07) is 6.65. The third-order valence-corrected chi connectivity index (χ3v) is 2.87. The van der Waals surface area contributed by atoms with Gasteiger partial charge in [0, 0.05) is 23.3 Å². The van der Waals surface area contributed by atoms with Crippen molar-refractivity contribution in [3.63, 3.8) is 0 Å². The van der Waals surface area contributed by atoms with E-state index in [2.05, 4.69) is 0 Å². The van der Waals surface area contributed by atoms with E-state index in [4.69, 9.17) is 16.9 Å². The summed E-state index contributed by atoms with van der Waals surface area (Å²) in [5.41, 5.74) is 1.70. The zero-order valence-electron chi connectivity index (χ0n) is 10.2. The third-order valence-electron chi connectivity index (χ3n) is 2.43. The first kappa shape index (κ1) is 14.2. The maximum atomic E-state index is 10.8. The predicted octanol–water partition coefficient (Wildman–Crippen LogP) is 4.18. The van der Waals surface area contributed by atoms with E-state index in [1.807, 2.05) is 13.0 Å². The largest absolute Gasteiger partial charge is 0.270 e. The summed E-state index contributed by atoms with van der Waals surface area (Å²) in [6.07, 6.45) is 1.37. The van der Waals surface area contributed by atoms with Gasteiger partial charge in [-0.15, -0.1) is 0 Å². The number of halogens is 1. The highest BCUT2D eigenvalue weighted by atomic mass is 35.5. The van der Waals surface area contributed by atoms with Gasteiger partial charge in [-0.05, 0) is 18.9 Å². The van der Waals surface area contributed by atoms with E-state index in [0.29, 0.717) is 22.6 Å². The molecule has 5 heteroatoms. The molecule has 0 bridgehead atoms. The highest BCUT2D eigenvalue weighted by Gasteiger charge is 2.12. The number of hydrogen-bond donors (Lipinski definition) is 0. The van der Waals surface area contributed by atoms with Crippen molar-refractivity contribution in [3.8, 4) is 6.07 Å². The number of aryl methyl sites for hydroxylation is 1. The van der Waals surface area contributed by atoms with Crippen LogP contribution in [-0.2, 0) is 0 Å². The molecule has 0 radical (unpaired) electrons. The van der Waals surface area contributed by atoms with Gasteiger partial charge in [-0.25, -0.2) is 0 Å². The Morgan fingerprint density at radius 1 is 1.50 bits per heavy atom. The number of nitriles is 1. The zero-order valence-corrected chi connectivity index (χ0v) is 11.0. The fourth-order valence-electron chi connectivity index (χ4n) is 1.63. The van der Waals surface area contributed by atoms with Crippen molar-refractivity contribution in [2.24, 2.45) is 0 Å². The van der Waals surface area contributed by atoms with Crippen molar-refractivity contribution in [2.75, 3.05) is 0 Å². The Kier molecular flexibility index (Phi) is 4.87. The number of rotatable bonds is 4. The molecule has 4 nitrogen and oxygen atoms in total. The Morgan fingerprint density at radius 2 is 2.17 bits per heavy atom. The molecule has 0 aliphatic carbocycles. The van der Waals surface area contributed by atoms with E-state index in [1.54, 1.807) is 13.0 Å². The van der Waals surface area contributed by atoms with Gasteiger partial charge >= 0.3 is 0 Å². The Labute approximate surface area is 111 Å². The lowest BCUT2D eigenvalue weighted by atomic mass is 10.0. The summed E-state index contributed by atoms with van der Waals surface area (Å²) in [5, 5.41) is 20.1. The van der Waals surface area contributed by atoms with Crippen LogP contribution in [0.3, 0.4) is 0 Å². The molecule has 18 heavy (non-hydrogen) atoms. The number of benzene rings is 1. The van der Waals surface area contributed by atoms with Crippen LogP contribution in [0.25, 0.3) is 5.03 Å². The molecule has 0 aliphatic rings. The molecule has 1 rings (SSSR count). The van der Waals surface area contributed by atoms with Crippen LogP contribution in [0.5, 0.6) is 0 Å². The fourth-order valence-corrected chi connectivity index (χ4v) is 1.88. The minimum absolute atomic E-state index is 0.0167. The minimum Gasteiger partial charge on any atom is -0.258 e. The molecule has 94 valence electrons. The fraction of sp³-hybridized carbons (Fsp3) is 0.308. The molecule has 0 N–H and O–H groups in total. The number of nitrogens with zero attached hydrogens (tertiary/aromatic N) is 2. The summed E-state index contributed by atoms with van der Waals surface area (Å²) in [6.45, 7) is 3.70. The van der Waals surface area contributed by atoms with Crippen molar-refractivity contribution in [1.29, 1.82) is 5.26 Å². The molecule has 0 saturated heterocycles. The Hall–Kier alpha value is -1.86. The van der Waals surface area contributed by atoms with Gasteiger partial charge in [0.25, 0.3) is 5.69 Å². The van der Waals surface area contributed by atoms with E-state index in [1.165, 1.54) is 12.1 Å². The lowest BCUT2D eigenvalue weighted by molar-refractivity contribution is -0.384. The summed E-state index contributed by atoms with van der Waals surface area (Å²) >= 11 is 6.13. The lowest BCUT2D eigenvalue weighted by Crippen LogP contribution is -1.92. The van der Waals surface area contributed by atoms with Crippen LogP contribution in [-0.4, -0.2) is 4.92 Å². The van der Waals surface area contributed by atoms with Gasteiger partial charge in [-0.3, -0.25) is 10.1 Å². The molecule has 0 aliphatic heterocycles. The second-order valence-electron chi connectivity index (χ2n) is 3.97. The van der Waals surface area contributed by atoms with Crippen LogP contribution in [0.2, 0.25) is 0 Å². The number of nitro groups is 1. The first-order chi connectivity index (χ1) is 8.49. The van der Waals surface area contributed by atoms with Gasteiger partial charge in [-0.2, -0.15) is 5.26 Å². The van der Waals surface area contributed by atoms with Crippen molar-refractivity contribution in [2.45, 2.75) is 26.7 Å². The topological polar surface area (TPSA) is 66.9 Å². The monoisotopic (exact) mass is 264 g/mol. The van der Waals surface area contributed by atoms with Crippen LogP contribution in [0.4, 0.5) is 5.69 Å². The average molecular weight is 265 g/mol. The average Bonchev–Trinajstić information content (AvgIpc) is 2.34. The minimum atomic E-state index is -0.466. The van der Waals surface area contributed by atoms with Gasteiger partial charge in [0.15, 0.2) is 0 Å². The van der Waals surface area contributed by atoms with Crippen LogP contribution in [0.1, 0.15) is 30.9 Å². The van der Waals surface area contributed by atoms with E-state index < -0.39 is 4.92 Å². The molecule has 0 unspecified atom stereocenters. The second-order valence-corrected chi connectivity index (χ2v) is 4.35. The summed E-state index contributed by atoms with van der Waals surface area (Å²) < 4.78 is 0. The second kappa shape index (κ2) is 6.18. The first-order valence-corrected chi connectivity index (χ1v) is 5.92. The molecule has 0 fully saturated rings. The molecular weight excluding hydrogens is 252 g/mol. The van der Waals surface area contributed by atoms with Crippen LogP contribution in [0, 0.1) is 28.4 Å². The quantitative estimate of drug-likeness (QED) is 0.465. The van der Waals surface area contributed by atoms with E-state index in [0.717, 1.165) is 12.0 Å². The summed E-state index contributed by atoms with van der Waals surface area (Å²) in [5.74, 6) is 0. The summed E-state index contributed by atoms with van der Waals surface area (Å²) in [4.78, 5) is 10.3. The number of allylic oxidation sites excluding steroid dienone is 1. The van der Waals surface area contributed by atoms with E-state index >= 15 is 0 Å². The predicted molar refractivity (Wildman–Crippen MR) is 71.1 cm³/mol.